The summed E-state index contributed by atoms with van der Waals surface area (Å²) in [6.07, 6.45) is 1.57. The average molecular weight is 364 g/mol. The Bertz CT molecular complexity index is 1050. The van der Waals surface area contributed by atoms with Crippen LogP contribution in [0, 0.1) is 13.8 Å². The summed E-state index contributed by atoms with van der Waals surface area (Å²) in [5, 5.41) is 4.28. The molecule has 0 unspecified atom stereocenters. The molecular weight excluding hydrogens is 344 g/mol. The highest BCUT2D eigenvalue weighted by Crippen LogP contribution is 2.38. The number of carbonyl (C=O) groups excluding carboxylic acids is 1. The number of anilines is 2. The molecule has 0 aliphatic carbocycles. The van der Waals surface area contributed by atoms with Gasteiger partial charge in [0, 0.05) is 23.3 Å². The van der Waals surface area contributed by atoms with Gasteiger partial charge in [0.1, 0.15) is 5.56 Å². The van der Waals surface area contributed by atoms with Crippen molar-refractivity contribution in [3.05, 3.63) is 53.2 Å². The minimum atomic E-state index is -0.406. The Kier molecular flexibility index (Phi) is 4.32. The van der Waals surface area contributed by atoms with Crippen LogP contribution in [-0.4, -0.2) is 24.4 Å². The van der Waals surface area contributed by atoms with E-state index in [0.29, 0.717) is 29.4 Å². The van der Waals surface area contributed by atoms with Gasteiger partial charge < -0.3 is 19.5 Å². The number of esters is 1. The number of aromatic nitrogens is 1. The summed E-state index contributed by atoms with van der Waals surface area (Å²) in [6, 6.07) is 9.64. The van der Waals surface area contributed by atoms with Gasteiger partial charge in [-0.2, -0.15) is 0 Å². The van der Waals surface area contributed by atoms with Crippen molar-refractivity contribution in [1.82, 2.24) is 4.98 Å². The van der Waals surface area contributed by atoms with E-state index in [4.69, 9.17) is 14.2 Å². The van der Waals surface area contributed by atoms with Crippen LogP contribution in [0.5, 0.6) is 11.5 Å². The molecule has 1 N–H and O–H groups in total. The normalized spacial score (nSPS) is 12.3. The van der Waals surface area contributed by atoms with E-state index in [1.54, 1.807) is 13.1 Å². The Labute approximate surface area is 157 Å². The second-order valence-corrected chi connectivity index (χ2v) is 6.38. The highest BCUT2D eigenvalue weighted by atomic mass is 16.7. The molecule has 2 heterocycles. The molecule has 0 spiro atoms. The highest BCUT2D eigenvalue weighted by molar-refractivity contribution is 6.07. The van der Waals surface area contributed by atoms with Crippen molar-refractivity contribution in [2.45, 2.75) is 20.8 Å². The van der Waals surface area contributed by atoms with E-state index in [9.17, 15) is 4.79 Å². The maximum Gasteiger partial charge on any atom is 0.341 e. The minimum absolute atomic E-state index is 0.212. The number of carbonyl (C=O) groups is 1. The summed E-state index contributed by atoms with van der Waals surface area (Å²) in [7, 11) is 0. The molecule has 2 aromatic carbocycles. The Morgan fingerprint density at radius 3 is 2.74 bits per heavy atom. The SMILES string of the molecule is CCOC(=O)c1cnc2c(C)ccc(C)c2c1Nc1ccc2c(c1)OCO2. The van der Waals surface area contributed by atoms with Crippen LogP contribution in [0.3, 0.4) is 0 Å². The molecule has 0 atom stereocenters. The van der Waals surface area contributed by atoms with Gasteiger partial charge in [0.15, 0.2) is 11.5 Å². The molecule has 0 saturated heterocycles. The standard InChI is InChI=1S/C21H20N2O4/c1-4-25-21(24)15-10-22-19-13(3)6-5-12(2)18(19)20(15)23-14-7-8-16-17(9-14)27-11-26-16/h5-10H,4,11H2,1-3H3,(H,22,23). The van der Waals surface area contributed by atoms with E-state index in [0.717, 1.165) is 27.7 Å². The number of ether oxygens (including phenoxy) is 3. The van der Waals surface area contributed by atoms with Crippen molar-refractivity contribution in [1.29, 1.82) is 0 Å². The van der Waals surface area contributed by atoms with E-state index in [1.165, 1.54) is 0 Å². The topological polar surface area (TPSA) is 69.7 Å². The van der Waals surface area contributed by atoms with Crippen LogP contribution in [0.15, 0.2) is 36.5 Å². The Morgan fingerprint density at radius 2 is 1.93 bits per heavy atom. The number of nitrogens with one attached hydrogen (secondary N) is 1. The van der Waals surface area contributed by atoms with Gasteiger partial charge in [-0.15, -0.1) is 0 Å². The molecule has 1 aromatic heterocycles. The summed E-state index contributed by atoms with van der Waals surface area (Å²) >= 11 is 0. The predicted octanol–water partition coefficient (Wildman–Crippen LogP) is 4.50. The van der Waals surface area contributed by atoms with Crippen LogP contribution in [0.1, 0.15) is 28.4 Å². The van der Waals surface area contributed by atoms with Gasteiger partial charge in [-0.25, -0.2) is 4.79 Å². The third-order valence-corrected chi connectivity index (χ3v) is 4.57. The first-order valence-corrected chi connectivity index (χ1v) is 8.81. The third kappa shape index (κ3) is 3.03. The zero-order valence-corrected chi connectivity index (χ0v) is 15.5. The molecule has 0 amide bonds. The number of fused-ring (bicyclic) bond motifs is 2. The fraction of sp³-hybridized carbons (Fsp3) is 0.238. The van der Waals surface area contributed by atoms with Gasteiger partial charge in [-0.05, 0) is 44.0 Å². The Morgan fingerprint density at radius 1 is 1.15 bits per heavy atom. The van der Waals surface area contributed by atoms with Crippen LogP contribution in [0.25, 0.3) is 10.9 Å². The number of rotatable bonds is 4. The van der Waals surface area contributed by atoms with E-state index in [2.05, 4.69) is 10.3 Å². The van der Waals surface area contributed by atoms with Crippen molar-refractivity contribution >= 4 is 28.2 Å². The largest absolute Gasteiger partial charge is 0.462 e. The fourth-order valence-electron chi connectivity index (χ4n) is 3.22. The first-order chi connectivity index (χ1) is 13.1. The third-order valence-electron chi connectivity index (χ3n) is 4.57. The summed E-state index contributed by atoms with van der Waals surface area (Å²) < 4.78 is 16.1. The smallest absolute Gasteiger partial charge is 0.341 e. The molecule has 0 fully saturated rings. The molecule has 6 nitrogen and oxygen atoms in total. The van der Waals surface area contributed by atoms with E-state index < -0.39 is 5.97 Å². The number of hydrogen-bond acceptors (Lipinski definition) is 6. The monoisotopic (exact) mass is 364 g/mol. The van der Waals surface area contributed by atoms with Gasteiger partial charge in [-0.1, -0.05) is 12.1 Å². The first-order valence-electron chi connectivity index (χ1n) is 8.81. The lowest BCUT2D eigenvalue weighted by Gasteiger charge is -2.17. The molecule has 3 aromatic rings. The number of pyridine rings is 1. The van der Waals surface area contributed by atoms with Crippen LogP contribution in [0.2, 0.25) is 0 Å². The summed E-state index contributed by atoms with van der Waals surface area (Å²) in [5.74, 6) is 0.970. The summed E-state index contributed by atoms with van der Waals surface area (Å²) in [6.45, 7) is 6.30. The molecule has 1 aliphatic rings. The van der Waals surface area contributed by atoms with Crippen LogP contribution < -0.4 is 14.8 Å². The predicted molar refractivity (Wildman–Crippen MR) is 103 cm³/mol. The number of aryl methyl sites for hydroxylation is 2. The molecule has 6 heteroatoms. The van der Waals surface area contributed by atoms with E-state index >= 15 is 0 Å². The van der Waals surface area contributed by atoms with Crippen molar-refractivity contribution < 1.29 is 19.0 Å². The van der Waals surface area contributed by atoms with E-state index in [1.807, 2.05) is 44.2 Å². The molecule has 1 aliphatic heterocycles. The van der Waals surface area contributed by atoms with Crippen LogP contribution in [0.4, 0.5) is 11.4 Å². The molecular formula is C21H20N2O4. The lowest BCUT2D eigenvalue weighted by molar-refractivity contribution is 0.0527. The highest BCUT2D eigenvalue weighted by Gasteiger charge is 2.20. The van der Waals surface area contributed by atoms with Crippen LogP contribution in [-0.2, 0) is 4.74 Å². The average Bonchev–Trinajstić information content (AvgIpc) is 3.12. The lowest BCUT2D eigenvalue weighted by atomic mass is 10.0. The van der Waals surface area contributed by atoms with Gasteiger partial charge in [-0.3, -0.25) is 4.98 Å². The Hall–Kier alpha value is -3.28. The minimum Gasteiger partial charge on any atom is -0.462 e. The van der Waals surface area contributed by atoms with Crippen molar-refractivity contribution in [3.8, 4) is 11.5 Å². The van der Waals surface area contributed by atoms with E-state index in [-0.39, 0.29) is 6.79 Å². The quantitative estimate of drug-likeness (QED) is 0.688. The second-order valence-electron chi connectivity index (χ2n) is 6.38. The van der Waals surface area contributed by atoms with Gasteiger partial charge >= 0.3 is 5.97 Å². The number of hydrogen-bond donors (Lipinski definition) is 1. The number of benzene rings is 2. The zero-order chi connectivity index (χ0) is 19.0. The van der Waals surface area contributed by atoms with Crippen LogP contribution >= 0.6 is 0 Å². The van der Waals surface area contributed by atoms with Crippen molar-refractivity contribution in [3.63, 3.8) is 0 Å². The first kappa shape index (κ1) is 17.1. The fourth-order valence-corrected chi connectivity index (χ4v) is 3.22. The maximum absolute atomic E-state index is 12.5. The Balaban J connectivity index is 1.89. The van der Waals surface area contributed by atoms with Gasteiger partial charge in [0.2, 0.25) is 6.79 Å². The summed E-state index contributed by atoms with van der Waals surface area (Å²) in [4.78, 5) is 17.1. The molecule has 0 saturated carbocycles. The molecule has 27 heavy (non-hydrogen) atoms. The maximum atomic E-state index is 12.5. The van der Waals surface area contributed by atoms with Gasteiger partial charge in [0.05, 0.1) is 17.8 Å². The number of nitrogens with zero attached hydrogens (tertiary/aromatic N) is 1. The van der Waals surface area contributed by atoms with Crippen molar-refractivity contribution in [2.24, 2.45) is 0 Å². The summed E-state index contributed by atoms with van der Waals surface area (Å²) in [5.41, 5.74) is 4.79. The lowest BCUT2D eigenvalue weighted by Crippen LogP contribution is -2.10. The molecule has 0 bridgehead atoms. The zero-order valence-electron chi connectivity index (χ0n) is 15.5. The molecule has 0 radical (unpaired) electrons. The second kappa shape index (κ2) is 6.79. The van der Waals surface area contributed by atoms with Crippen molar-refractivity contribution in [2.75, 3.05) is 18.7 Å². The molecule has 4 rings (SSSR count). The van der Waals surface area contributed by atoms with Gasteiger partial charge in [0.25, 0.3) is 0 Å². The molecule has 138 valence electrons.